The fourth-order valence-electron chi connectivity index (χ4n) is 3.75. The Kier molecular flexibility index (Phi) is 6.76. The Morgan fingerprint density at radius 1 is 1.27 bits per heavy atom. The van der Waals surface area contributed by atoms with Gasteiger partial charge in [0.15, 0.2) is 6.29 Å². The van der Waals surface area contributed by atoms with E-state index in [0.717, 1.165) is 51.6 Å². The van der Waals surface area contributed by atoms with E-state index in [1.807, 2.05) is 6.07 Å². The molecule has 0 spiro atoms. The number of alkyl halides is 1. The van der Waals surface area contributed by atoms with Gasteiger partial charge in [-0.3, -0.25) is 14.1 Å². The Morgan fingerprint density at radius 3 is 2.64 bits per heavy atom. The van der Waals surface area contributed by atoms with Crippen LogP contribution in [0.2, 0.25) is 0 Å². The lowest BCUT2D eigenvalue weighted by Crippen LogP contribution is -2.36. The largest absolute Gasteiger partial charge is 0.487 e. The van der Waals surface area contributed by atoms with Gasteiger partial charge >= 0.3 is 0 Å². The first-order valence-corrected chi connectivity index (χ1v) is 12.9. The number of fused-ring (bicyclic) bond motifs is 1. The van der Waals surface area contributed by atoms with E-state index in [9.17, 15) is 17.6 Å². The van der Waals surface area contributed by atoms with Gasteiger partial charge in [-0.25, -0.2) is 9.37 Å². The molecule has 0 saturated carbocycles. The van der Waals surface area contributed by atoms with Crippen LogP contribution in [0.1, 0.15) is 46.2 Å². The smallest absolute Gasteiger partial charge is 0.291 e. The van der Waals surface area contributed by atoms with Gasteiger partial charge in [-0.2, -0.15) is 8.42 Å². The van der Waals surface area contributed by atoms with Crippen molar-refractivity contribution < 1.29 is 22.3 Å². The Hall–Kier alpha value is -2.85. The molecule has 0 radical (unpaired) electrons. The molecule has 1 aromatic carbocycles. The maximum Gasteiger partial charge on any atom is 0.291 e. The molecule has 2 heterocycles. The number of nitrogens with zero attached hydrogens (tertiary/aromatic N) is 3. The van der Waals surface area contributed by atoms with Crippen molar-refractivity contribution in [1.82, 2.24) is 9.97 Å². The van der Waals surface area contributed by atoms with E-state index < -0.39 is 16.2 Å². The highest BCUT2D eigenvalue weighted by atomic mass is 32.2. The third-order valence-corrected chi connectivity index (χ3v) is 8.46. The number of aryl methyl sites for hydroxylation is 3. The first kappa shape index (κ1) is 23.3. The van der Waals surface area contributed by atoms with E-state index in [4.69, 9.17) is 4.74 Å². The van der Waals surface area contributed by atoms with Gasteiger partial charge in [-0.05, 0) is 62.4 Å². The summed E-state index contributed by atoms with van der Waals surface area (Å²) in [4.78, 5) is 19.0. The molecule has 1 atom stereocenters. The average molecular weight is 490 g/mol. The molecule has 0 unspecified atom stereocenters. The van der Waals surface area contributed by atoms with Crippen molar-refractivity contribution in [3.8, 4) is 5.75 Å². The van der Waals surface area contributed by atoms with Crippen LogP contribution in [0.4, 0.5) is 10.1 Å². The van der Waals surface area contributed by atoms with Gasteiger partial charge in [0, 0.05) is 22.8 Å². The second-order valence-electron chi connectivity index (χ2n) is 8.01. The van der Waals surface area contributed by atoms with Gasteiger partial charge in [-0.15, -0.1) is 11.3 Å². The molecule has 3 aromatic rings. The monoisotopic (exact) mass is 489 g/mol. The van der Waals surface area contributed by atoms with Crippen LogP contribution in [0.15, 0.2) is 40.2 Å². The SMILES string of the molecule is Cc1csc(S(=O)(=O)N(C[C@H](C)F)c2cc3c(cc2OCc2ccc(C=O)nc2)CCC3)n1. The number of ether oxygens (including phenoxy) is 1. The van der Waals surface area contributed by atoms with Crippen molar-refractivity contribution in [3.05, 3.63) is 63.9 Å². The van der Waals surface area contributed by atoms with Crippen LogP contribution >= 0.6 is 11.3 Å². The number of benzene rings is 1. The second kappa shape index (κ2) is 9.56. The van der Waals surface area contributed by atoms with Crippen molar-refractivity contribution in [2.45, 2.75) is 50.2 Å². The van der Waals surface area contributed by atoms with Gasteiger partial charge in [0.25, 0.3) is 10.0 Å². The second-order valence-corrected chi connectivity index (χ2v) is 10.9. The number of thiazole rings is 1. The molecule has 10 heteroatoms. The quantitative estimate of drug-likeness (QED) is 0.417. The molecule has 0 bridgehead atoms. The van der Waals surface area contributed by atoms with Crippen LogP contribution in [0.25, 0.3) is 0 Å². The summed E-state index contributed by atoms with van der Waals surface area (Å²) in [6.45, 7) is 2.80. The van der Waals surface area contributed by atoms with Gasteiger partial charge in [0.1, 0.15) is 24.2 Å². The number of carbonyl (C=O) groups is 1. The predicted octanol–water partition coefficient (Wildman–Crippen LogP) is 4.28. The number of halogens is 1. The molecule has 174 valence electrons. The third-order valence-electron chi connectivity index (χ3n) is 5.33. The first-order chi connectivity index (χ1) is 15.8. The molecule has 0 saturated heterocycles. The molecule has 0 N–H and O–H groups in total. The molecule has 7 nitrogen and oxygen atoms in total. The van der Waals surface area contributed by atoms with E-state index in [-0.39, 0.29) is 17.5 Å². The lowest BCUT2D eigenvalue weighted by Gasteiger charge is -2.27. The highest BCUT2D eigenvalue weighted by Gasteiger charge is 2.32. The summed E-state index contributed by atoms with van der Waals surface area (Å²) in [6.07, 6.45) is 3.46. The zero-order chi connectivity index (χ0) is 23.6. The topological polar surface area (TPSA) is 89.5 Å². The van der Waals surface area contributed by atoms with E-state index in [1.54, 1.807) is 30.5 Å². The van der Waals surface area contributed by atoms with E-state index in [0.29, 0.717) is 29.1 Å². The van der Waals surface area contributed by atoms with Gasteiger partial charge in [0.2, 0.25) is 4.34 Å². The van der Waals surface area contributed by atoms with Crippen LogP contribution in [0.3, 0.4) is 0 Å². The molecule has 4 rings (SSSR count). The maximum absolute atomic E-state index is 14.2. The molecule has 1 aliphatic rings. The number of sulfonamides is 1. The van der Waals surface area contributed by atoms with E-state index in [1.165, 1.54) is 13.1 Å². The lowest BCUT2D eigenvalue weighted by molar-refractivity contribution is 0.111. The fraction of sp³-hybridized carbons (Fsp3) is 0.348. The van der Waals surface area contributed by atoms with Crippen molar-refractivity contribution in [1.29, 1.82) is 0 Å². The Labute approximate surface area is 196 Å². The molecular formula is C23H24FN3O4S2. The summed E-state index contributed by atoms with van der Waals surface area (Å²) in [6, 6.07) is 6.96. The number of hydrogen-bond donors (Lipinski definition) is 0. The minimum absolute atomic E-state index is 0.0826. The van der Waals surface area contributed by atoms with Gasteiger partial charge in [-0.1, -0.05) is 6.07 Å². The highest BCUT2D eigenvalue weighted by Crippen LogP contribution is 2.39. The van der Waals surface area contributed by atoms with Gasteiger partial charge < -0.3 is 4.74 Å². The summed E-state index contributed by atoms with van der Waals surface area (Å²) in [5.41, 5.74) is 4.05. The summed E-state index contributed by atoms with van der Waals surface area (Å²) in [5, 5.41) is 1.65. The Bertz CT molecular complexity index is 1260. The van der Waals surface area contributed by atoms with Crippen molar-refractivity contribution >= 4 is 33.3 Å². The fourth-order valence-corrected chi connectivity index (χ4v) is 6.42. The lowest BCUT2D eigenvalue weighted by atomic mass is 10.1. The number of aromatic nitrogens is 2. The number of rotatable bonds is 9. The Morgan fingerprint density at radius 2 is 2.03 bits per heavy atom. The van der Waals surface area contributed by atoms with Crippen LogP contribution in [-0.4, -0.2) is 37.4 Å². The van der Waals surface area contributed by atoms with Crippen molar-refractivity contribution in [3.63, 3.8) is 0 Å². The molecule has 33 heavy (non-hydrogen) atoms. The normalized spacial score (nSPS) is 14.0. The zero-order valence-corrected chi connectivity index (χ0v) is 20.0. The average Bonchev–Trinajstić information content (AvgIpc) is 3.44. The third kappa shape index (κ3) is 5.06. The minimum Gasteiger partial charge on any atom is -0.487 e. The standard InChI is InChI=1S/C23H24FN3O4S2/c1-15(24)11-27(33(29,30)23-26-16(2)14-32-23)21-8-18-4-3-5-19(18)9-22(21)31-13-17-6-7-20(12-28)25-10-17/h6-10,12,14-15H,3-5,11,13H2,1-2H3/t15-/m0/s1. The van der Waals surface area contributed by atoms with Gasteiger partial charge in [0.05, 0.1) is 12.2 Å². The molecule has 1 aliphatic carbocycles. The maximum atomic E-state index is 14.2. The van der Waals surface area contributed by atoms with Crippen LogP contribution in [-0.2, 0) is 29.5 Å². The van der Waals surface area contributed by atoms with Crippen LogP contribution < -0.4 is 9.04 Å². The Balaban J connectivity index is 1.74. The molecule has 0 amide bonds. The molecular weight excluding hydrogens is 465 g/mol. The number of aldehydes is 1. The molecule has 0 aliphatic heterocycles. The first-order valence-electron chi connectivity index (χ1n) is 10.6. The predicted molar refractivity (Wildman–Crippen MR) is 124 cm³/mol. The number of anilines is 1. The summed E-state index contributed by atoms with van der Waals surface area (Å²) < 4.78 is 48.2. The van der Waals surface area contributed by atoms with Crippen molar-refractivity contribution in [2.24, 2.45) is 0 Å². The van der Waals surface area contributed by atoms with E-state index in [2.05, 4.69) is 9.97 Å². The molecule has 0 fully saturated rings. The van der Waals surface area contributed by atoms with Crippen LogP contribution in [0, 0.1) is 6.92 Å². The summed E-state index contributed by atoms with van der Waals surface area (Å²) in [5.74, 6) is 0.354. The van der Waals surface area contributed by atoms with Crippen molar-refractivity contribution in [2.75, 3.05) is 10.8 Å². The zero-order valence-electron chi connectivity index (χ0n) is 18.3. The minimum atomic E-state index is -4.09. The summed E-state index contributed by atoms with van der Waals surface area (Å²) in [7, 11) is -4.09. The van der Waals surface area contributed by atoms with Crippen LogP contribution in [0.5, 0.6) is 5.75 Å². The number of pyridine rings is 1. The number of hydrogen-bond acceptors (Lipinski definition) is 7. The highest BCUT2D eigenvalue weighted by molar-refractivity contribution is 7.94. The molecule has 2 aromatic heterocycles. The number of carbonyl (C=O) groups excluding carboxylic acids is 1. The summed E-state index contributed by atoms with van der Waals surface area (Å²) >= 11 is 1.01. The van der Waals surface area contributed by atoms with E-state index >= 15 is 0 Å².